The Labute approximate surface area is 196 Å². The summed E-state index contributed by atoms with van der Waals surface area (Å²) in [5.74, 6) is -0.889. The summed E-state index contributed by atoms with van der Waals surface area (Å²) < 4.78 is 14.5. The summed E-state index contributed by atoms with van der Waals surface area (Å²) in [4.78, 5) is 32.7. The number of benzene rings is 2. The number of non-ortho nitro benzene ring substituents is 1. The molecule has 1 N–H and O–H groups in total. The number of para-hydroxylation sites is 1. The number of anilines is 2. The predicted octanol–water partition coefficient (Wildman–Crippen LogP) is 3.31. The number of pyridine rings is 1. The van der Waals surface area contributed by atoms with Gasteiger partial charge in [-0.3, -0.25) is 19.9 Å². The van der Waals surface area contributed by atoms with Gasteiger partial charge in [-0.2, -0.15) is 0 Å². The lowest BCUT2D eigenvalue weighted by molar-refractivity contribution is -0.384. The van der Waals surface area contributed by atoms with Gasteiger partial charge in [0, 0.05) is 43.7 Å². The summed E-state index contributed by atoms with van der Waals surface area (Å²) in [5, 5.41) is 14.3. The molecule has 2 aromatic carbocycles. The third kappa shape index (κ3) is 4.16. The molecule has 1 saturated heterocycles. The van der Waals surface area contributed by atoms with Gasteiger partial charge >= 0.3 is 0 Å². The number of rotatable bonds is 5. The molecule has 0 unspecified atom stereocenters. The van der Waals surface area contributed by atoms with Gasteiger partial charge in [0.15, 0.2) is 0 Å². The van der Waals surface area contributed by atoms with Crippen molar-refractivity contribution in [2.45, 2.75) is 19.0 Å². The Hall–Kier alpha value is -4.01. The van der Waals surface area contributed by atoms with Gasteiger partial charge < -0.3 is 15.1 Å². The van der Waals surface area contributed by atoms with E-state index in [2.05, 4.69) is 15.2 Å². The van der Waals surface area contributed by atoms with Crippen molar-refractivity contribution in [3.8, 4) is 0 Å². The predicted molar refractivity (Wildman–Crippen MR) is 126 cm³/mol. The number of nitrogens with one attached hydrogen (secondary N) is 1. The van der Waals surface area contributed by atoms with Crippen LogP contribution in [0.3, 0.4) is 0 Å². The molecule has 34 heavy (non-hydrogen) atoms. The zero-order valence-corrected chi connectivity index (χ0v) is 18.4. The number of aromatic nitrogens is 1. The number of piperazine rings is 1. The van der Waals surface area contributed by atoms with Crippen LogP contribution in [-0.4, -0.2) is 41.5 Å². The molecule has 2 atom stereocenters. The highest BCUT2D eigenvalue weighted by Crippen LogP contribution is 2.39. The summed E-state index contributed by atoms with van der Waals surface area (Å²) in [6.45, 7) is 1.92. The summed E-state index contributed by atoms with van der Waals surface area (Å²) in [6.07, 6.45) is 2.05. The van der Waals surface area contributed by atoms with Gasteiger partial charge in [0.05, 0.1) is 34.8 Å². The van der Waals surface area contributed by atoms with Crippen molar-refractivity contribution < 1.29 is 14.1 Å². The van der Waals surface area contributed by atoms with Gasteiger partial charge in [0.1, 0.15) is 5.82 Å². The molecule has 2 aliphatic rings. The first kappa shape index (κ1) is 21.8. The van der Waals surface area contributed by atoms with Crippen LogP contribution in [0.15, 0.2) is 66.9 Å². The number of amides is 1. The van der Waals surface area contributed by atoms with Crippen molar-refractivity contribution in [3.05, 3.63) is 94.0 Å². The number of fused-ring (bicyclic) bond motifs is 3. The summed E-state index contributed by atoms with van der Waals surface area (Å²) in [7, 11) is 0. The van der Waals surface area contributed by atoms with Gasteiger partial charge in [0.25, 0.3) is 5.69 Å². The fourth-order valence-electron chi connectivity index (χ4n) is 4.96. The van der Waals surface area contributed by atoms with Gasteiger partial charge in [-0.15, -0.1) is 0 Å². The molecule has 1 aromatic heterocycles. The van der Waals surface area contributed by atoms with E-state index in [1.807, 2.05) is 23.1 Å². The van der Waals surface area contributed by atoms with Crippen molar-refractivity contribution in [2.75, 3.05) is 29.4 Å². The third-order valence-electron chi connectivity index (χ3n) is 6.61. The quantitative estimate of drug-likeness (QED) is 0.463. The van der Waals surface area contributed by atoms with Crippen LogP contribution in [0.4, 0.5) is 21.5 Å². The number of hydrogen-bond acceptors (Lipinski definition) is 6. The van der Waals surface area contributed by atoms with Crippen molar-refractivity contribution in [3.63, 3.8) is 0 Å². The van der Waals surface area contributed by atoms with E-state index < -0.39 is 10.8 Å². The van der Waals surface area contributed by atoms with E-state index in [9.17, 15) is 19.3 Å². The van der Waals surface area contributed by atoms with E-state index in [-0.39, 0.29) is 23.5 Å². The van der Waals surface area contributed by atoms with E-state index in [1.165, 1.54) is 12.1 Å². The second-order valence-corrected chi connectivity index (χ2v) is 8.58. The molecule has 8 nitrogen and oxygen atoms in total. The Morgan fingerprint density at radius 3 is 2.71 bits per heavy atom. The molecule has 0 bridgehead atoms. The monoisotopic (exact) mass is 461 g/mol. The average Bonchev–Trinajstić information content (AvgIpc) is 2.87. The molecular weight excluding hydrogens is 437 g/mol. The molecule has 5 rings (SSSR count). The second-order valence-electron chi connectivity index (χ2n) is 8.58. The lowest BCUT2D eigenvalue weighted by Gasteiger charge is -2.49. The van der Waals surface area contributed by atoms with E-state index in [0.717, 1.165) is 16.9 Å². The number of halogens is 1. The number of carbonyl (C=O) groups excluding carboxylic acids is 1. The van der Waals surface area contributed by atoms with Crippen molar-refractivity contribution in [2.24, 2.45) is 5.92 Å². The average molecular weight is 461 g/mol. The van der Waals surface area contributed by atoms with Crippen LogP contribution in [0.2, 0.25) is 0 Å². The zero-order valence-electron chi connectivity index (χ0n) is 18.4. The summed E-state index contributed by atoms with van der Waals surface area (Å²) >= 11 is 0. The Morgan fingerprint density at radius 2 is 1.94 bits per heavy atom. The molecule has 1 fully saturated rings. The Morgan fingerprint density at radius 1 is 1.12 bits per heavy atom. The van der Waals surface area contributed by atoms with Crippen molar-refractivity contribution in [1.29, 1.82) is 0 Å². The number of nitro benzene ring substituents is 1. The zero-order chi connectivity index (χ0) is 23.7. The second kappa shape index (κ2) is 9.09. The maximum atomic E-state index is 14.5. The Kier molecular flexibility index (Phi) is 5.83. The third-order valence-corrected chi connectivity index (χ3v) is 6.61. The molecule has 3 aromatic rings. The fraction of sp³-hybridized carbons (Fsp3) is 0.280. The molecule has 9 heteroatoms. The molecule has 0 aliphatic carbocycles. The van der Waals surface area contributed by atoms with Gasteiger partial charge in [-0.25, -0.2) is 4.39 Å². The highest BCUT2D eigenvalue weighted by atomic mass is 19.1. The first-order valence-corrected chi connectivity index (χ1v) is 11.2. The lowest BCUT2D eigenvalue weighted by atomic mass is 9.83. The number of carbonyl (C=O) groups is 1. The standard InChI is InChI=1S/C25H24FN5O3/c26-21-6-1-2-7-23(21)29-11-12-30-22-9-8-19(31(33)34)13-17(22)14-20(24(30)16-29)25(32)28-15-18-5-3-4-10-27-18/h1-10,13,20,24H,11-12,14-16H2,(H,28,32)/t20-,24-/m1/s1. The maximum Gasteiger partial charge on any atom is 0.269 e. The van der Waals surface area contributed by atoms with Crippen LogP contribution in [0.25, 0.3) is 0 Å². The molecule has 1 amide bonds. The van der Waals surface area contributed by atoms with Crippen LogP contribution in [0.5, 0.6) is 0 Å². The summed E-state index contributed by atoms with van der Waals surface area (Å²) in [6, 6.07) is 16.8. The van der Waals surface area contributed by atoms with Crippen LogP contribution in [0.1, 0.15) is 11.3 Å². The minimum Gasteiger partial charge on any atom is -0.365 e. The highest BCUT2D eigenvalue weighted by Gasteiger charge is 2.42. The normalized spacial score (nSPS) is 19.2. The minimum absolute atomic E-state index is 0.00911. The molecule has 174 valence electrons. The van der Waals surface area contributed by atoms with Gasteiger partial charge in [0.2, 0.25) is 5.91 Å². The van der Waals surface area contributed by atoms with Crippen molar-refractivity contribution >= 4 is 23.0 Å². The molecule has 3 heterocycles. The van der Waals surface area contributed by atoms with Crippen molar-refractivity contribution in [1.82, 2.24) is 10.3 Å². The number of nitro groups is 1. The summed E-state index contributed by atoms with van der Waals surface area (Å²) in [5.41, 5.74) is 2.95. The first-order chi connectivity index (χ1) is 16.5. The van der Waals surface area contributed by atoms with Crippen LogP contribution < -0.4 is 15.1 Å². The van der Waals surface area contributed by atoms with Crippen LogP contribution in [-0.2, 0) is 17.8 Å². The molecule has 0 spiro atoms. The van der Waals surface area contributed by atoms with Crippen LogP contribution >= 0.6 is 0 Å². The molecule has 2 aliphatic heterocycles. The lowest BCUT2D eigenvalue weighted by Crippen LogP contribution is -2.61. The minimum atomic E-state index is -0.451. The van der Waals surface area contributed by atoms with E-state index >= 15 is 0 Å². The van der Waals surface area contributed by atoms with Crippen LogP contribution in [0, 0.1) is 21.8 Å². The Bertz CT molecular complexity index is 1220. The SMILES string of the molecule is O=C(NCc1ccccn1)[C@@H]1Cc2cc([N+](=O)[O-])ccc2N2CCN(c3ccccc3F)C[C@H]12. The Balaban J connectivity index is 1.45. The smallest absolute Gasteiger partial charge is 0.269 e. The van der Waals surface area contributed by atoms with Gasteiger partial charge in [-0.05, 0) is 42.3 Å². The fourth-order valence-corrected chi connectivity index (χ4v) is 4.96. The van der Waals surface area contributed by atoms with E-state index in [1.54, 1.807) is 36.5 Å². The maximum absolute atomic E-state index is 14.5. The van der Waals surface area contributed by atoms with E-state index in [4.69, 9.17) is 0 Å². The largest absolute Gasteiger partial charge is 0.365 e. The molecule has 0 radical (unpaired) electrons. The highest BCUT2D eigenvalue weighted by molar-refractivity contribution is 5.82. The number of hydrogen-bond donors (Lipinski definition) is 1. The number of nitrogens with zero attached hydrogens (tertiary/aromatic N) is 4. The topological polar surface area (TPSA) is 91.6 Å². The first-order valence-electron chi connectivity index (χ1n) is 11.2. The van der Waals surface area contributed by atoms with Gasteiger partial charge in [-0.1, -0.05) is 18.2 Å². The molecule has 0 saturated carbocycles. The molecular formula is C25H24FN5O3. The van der Waals surface area contributed by atoms with E-state index in [0.29, 0.717) is 38.3 Å².